The summed E-state index contributed by atoms with van der Waals surface area (Å²) in [6.45, 7) is 2.17. The third-order valence-electron chi connectivity index (χ3n) is 3.40. The van der Waals surface area contributed by atoms with E-state index in [2.05, 4.69) is 87.4 Å². The normalized spacial score (nSPS) is 10.4. The molecule has 19 heavy (non-hydrogen) atoms. The van der Waals surface area contributed by atoms with Crippen molar-refractivity contribution in [3.05, 3.63) is 48.0 Å². The molecule has 0 amide bonds. The van der Waals surface area contributed by atoms with E-state index in [4.69, 9.17) is 0 Å². The molecule has 0 aliphatic rings. The molecule has 0 bridgehead atoms. The van der Waals surface area contributed by atoms with E-state index < -0.39 is 0 Å². The van der Waals surface area contributed by atoms with Crippen molar-refractivity contribution >= 4 is 11.4 Å². The van der Waals surface area contributed by atoms with Crippen molar-refractivity contribution in [2.45, 2.75) is 6.92 Å². The van der Waals surface area contributed by atoms with E-state index in [0.717, 1.165) is 0 Å². The highest BCUT2D eigenvalue weighted by molar-refractivity contribution is 5.73. The van der Waals surface area contributed by atoms with Crippen molar-refractivity contribution in [3.8, 4) is 11.1 Å². The van der Waals surface area contributed by atoms with Gasteiger partial charge in [-0.1, -0.05) is 18.2 Å². The van der Waals surface area contributed by atoms with E-state index in [1.54, 1.807) is 0 Å². The number of benzene rings is 2. The topological polar surface area (TPSA) is 6.48 Å². The third kappa shape index (κ3) is 2.90. The van der Waals surface area contributed by atoms with Crippen LogP contribution < -0.4 is 9.80 Å². The van der Waals surface area contributed by atoms with Crippen molar-refractivity contribution in [3.63, 3.8) is 0 Å². The lowest BCUT2D eigenvalue weighted by Gasteiger charge is -2.17. The first-order chi connectivity index (χ1) is 8.99. The number of hydrogen-bond donors (Lipinski definition) is 0. The van der Waals surface area contributed by atoms with Crippen molar-refractivity contribution in [2.75, 3.05) is 38.0 Å². The van der Waals surface area contributed by atoms with Gasteiger partial charge >= 0.3 is 0 Å². The Labute approximate surface area is 116 Å². The number of hydrogen-bond acceptors (Lipinski definition) is 2. The highest BCUT2D eigenvalue weighted by Crippen LogP contribution is 2.29. The van der Waals surface area contributed by atoms with Crippen LogP contribution in [0.4, 0.5) is 11.4 Å². The molecule has 0 fully saturated rings. The Morgan fingerprint density at radius 2 is 1.37 bits per heavy atom. The summed E-state index contributed by atoms with van der Waals surface area (Å²) >= 11 is 0. The van der Waals surface area contributed by atoms with Crippen LogP contribution >= 0.6 is 0 Å². The SMILES string of the molecule is Cc1cc(N(C)C)ccc1-c1cccc(N(C)C)c1. The van der Waals surface area contributed by atoms with Gasteiger partial charge in [0.1, 0.15) is 0 Å². The highest BCUT2D eigenvalue weighted by Gasteiger charge is 2.05. The van der Waals surface area contributed by atoms with Gasteiger partial charge in [0, 0.05) is 39.6 Å². The van der Waals surface area contributed by atoms with Crippen molar-refractivity contribution in [2.24, 2.45) is 0 Å². The second-order valence-corrected chi connectivity index (χ2v) is 5.34. The minimum atomic E-state index is 1.23. The smallest absolute Gasteiger partial charge is 0.0367 e. The quantitative estimate of drug-likeness (QED) is 0.822. The van der Waals surface area contributed by atoms with E-state index in [1.807, 2.05) is 0 Å². The molecule has 0 N–H and O–H groups in total. The molecule has 0 aliphatic heterocycles. The van der Waals surface area contributed by atoms with Crippen LogP contribution in [0.5, 0.6) is 0 Å². The molecule has 0 unspecified atom stereocenters. The van der Waals surface area contributed by atoms with Gasteiger partial charge in [0.2, 0.25) is 0 Å². The maximum atomic E-state index is 2.23. The second-order valence-electron chi connectivity index (χ2n) is 5.34. The molecule has 0 aromatic heterocycles. The van der Waals surface area contributed by atoms with Crippen molar-refractivity contribution < 1.29 is 0 Å². The molecule has 0 radical (unpaired) electrons. The highest BCUT2D eigenvalue weighted by atomic mass is 15.1. The molecule has 0 spiro atoms. The van der Waals surface area contributed by atoms with Gasteiger partial charge in [0.15, 0.2) is 0 Å². The molecule has 100 valence electrons. The Balaban J connectivity index is 2.44. The summed E-state index contributed by atoms with van der Waals surface area (Å²) in [5, 5.41) is 0. The number of aryl methyl sites for hydroxylation is 1. The number of rotatable bonds is 3. The van der Waals surface area contributed by atoms with Crippen molar-refractivity contribution in [1.82, 2.24) is 0 Å². The molecule has 2 rings (SSSR count). The van der Waals surface area contributed by atoms with Gasteiger partial charge in [-0.25, -0.2) is 0 Å². The lowest BCUT2D eigenvalue weighted by atomic mass is 9.99. The zero-order chi connectivity index (χ0) is 14.0. The Morgan fingerprint density at radius 1 is 0.737 bits per heavy atom. The van der Waals surface area contributed by atoms with Crippen LogP contribution in [0.25, 0.3) is 11.1 Å². The van der Waals surface area contributed by atoms with Gasteiger partial charge in [0.25, 0.3) is 0 Å². The Hall–Kier alpha value is -1.96. The van der Waals surface area contributed by atoms with Crippen molar-refractivity contribution in [1.29, 1.82) is 0 Å². The fraction of sp³-hybridized carbons (Fsp3) is 0.294. The molecule has 2 heteroatoms. The van der Waals surface area contributed by atoms with Gasteiger partial charge in [0.05, 0.1) is 0 Å². The summed E-state index contributed by atoms with van der Waals surface area (Å²) < 4.78 is 0. The fourth-order valence-corrected chi connectivity index (χ4v) is 2.20. The van der Waals surface area contributed by atoms with E-state index in [9.17, 15) is 0 Å². The summed E-state index contributed by atoms with van der Waals surface area (Å²) in [5.74, 6) is 0. The fourth-order valence-electron chi connectivity index (χ4n) is 2.20. The molecule has 0 heterocycles. The standard InChI is InChI=1S/C17H22N2/c1-13-11-16(19(4)5)9-10-17(13)14-7-6-8-15(12-14)18(2)3/h6-12H,1-5H3. The average molecular weight is 254 g/mol. The molecule has 2 aromatic carbocycles. The Morgan fingerprint density at radius 3 is 1.95 bits per heavy atom. The summed E-state index contributed by atoms with van der Waals surface area (Å²) in [5.41, 5.74) is 6.35. The molecule has 2 nitrogen and oxygen atoms in total. The summed E-state index contributed by atoms with van der Waals surface area (Å²) in [6, 6.07) is 15.3. The van der Waals surface area contributed by atoms with E-state index in [0.29, 0.717) is 0 Å². The molecule has 2 aromatic rings. The minimum Gasteiger partial charge on any atom is -0.378 e. The van der Waals surface area contributed by atoms with E-state index in [-0.39, 0.29) is 0 Å². The Bertz CT molecular complexity index is 571. The monoisotopic (exact) mass is 254 g/mol. The van der Waals surface area contributed by atoms with E-state index >= 15 is 0 Å². The second kappa shape index (κ2) is 5.35. The number of nitrogens with zero attached hydrogens (tertiary/aromatic N) is 2. The predicted octanol–water partition coefficient (Wildman–Crippen LogP) is 3.79. The summed E-state index contributed by atoms with van der Waals surface area (Å²) in [7, 11) is 8.28. The first kappa shape index (κ1) is 13.5. The van der Waals surface area contributed by atoms with Crippen LogP contribution in [0.1, 0.15) is 5.56 Å². The largest absolute Gasteiger partial charge is 0.378 e. The van der Waals surface area contributed by atoms with Gasteiger partial charge in [-0.05, 0) is 47.9 Å². The molecule has 0 atom stereocenters. The minimum absolute atomic E-state index is 1.23. The van der Waals surface area contributed by atoms with Crippen LogP contribution in [-0.4, -0.2) is 28.2 Å². The summed E-state index contributed by atoms with van der Waals surface area (Å²) in [6.07, 6.45) is 0. The maximum Gasteiger partial charge on any atom is 0.0367 e. The Kier molecular flexibility index (Phi) is 3.79. The lowest BCUT2D eigenvalue weighted by molar-refractivity contribution is 1.13. The van der Waals surface area contributed by atoms with Crippen LogP contribution in [0.15, 0.2) is 42.5 Å². The molecule has 0 aliphatic carbocycles. The van der Waals surface area contributed by atoms with Gasteiger partial charge in [-0.3, -0.25) is 0 Å². The van der Waals surface area contributed by atoms with Gasteiger partial charge in [-0.15, -0.1) is 0 Å². The first-order valence-corrected chi connectivity index (χ1v) is 6.55. The van der Waals surface area contributed by atoms with Gasteiger partial charge < -0.3 is 9.80 Å². The zero-order valence-corrected chi connectivity index (χ0v) is 12.4. The predicted molar refractivity (Wildman–Crippen MR) is 85.3 cm³/mol. The molecule has 0 saturated heterocycles. The van der Waals surface area contributed by atoms with Gasteiger partial charge in [-0.2, -0.15) is 0 Å². The third-order valence-corrected chi connectivity index (χ3v) is 3.40. The maximum absolute atomic E-state index is 2.23. The van der Waals surface area contributed by atoms with Crippen LogP contribution in [-0.2, 0) is 0 Å². The summed E-state index contributed by atoms with van der Waals surface area (Å²) in [4.78, 5) is 4.26. The average Bonchev–Trinajstić information content (AvgIpc) is 2.38. The first-order valence-electron chi connectivity index (χ1n) is 6.55. The number of anilines is 2. The van der Waals surface area contributed by atoms with E-state index in [1.165, 1.54) is 28.1 Å². The lowest BCUT2D eigenvalue weighted by Crippen LogP contribution is -2.09. The van der Waals surface area contributed by atoms with Crippen LogP contribution in [0.3, 0.4) is 0 Å². The zero-order valence-electron chi connectivity index (χ0n) is 12.4. The molecule has 0 saturated carbocycles. The van der Waals surface area contributed by atoms with Crippen LogP contribution in [0, 0.1) is 6.92 Å². The van der Waals surface area contributed by atoms with Crippen LogP contribution in [0.2, 0.25) is 0 Å². The molecular formula is C17H22N2. The molecular weight excluding hydrogens is 232 g/mol.